The first-order valence-corrected chi connectivity index (χ1v) is 4.81. The third-order valence-electron chi connectivity index (χ3n) is 1.99. The molecule has 0 saturated heterocycles. The summed E-state index contributed by atoms with van der Waals surface area (Å²) in [5.41, 5.74) is 1.76. The molecule has 0 saturated carbocycles. The zero-order valence-electron chi connectivity index (χ0n) is 8.91. The quantitative estimate of drug-likeness (QED) is 0.685. The first-order chi connectivity index (χ1) is 6.61. The molecule has 0 unspecified atom stereocenters. The Labute approximate surface area is 84.9 Å². The number of benzene rings is 1. The molecule has 0 aliphatic carbocycles. The lowest BCUT2D eigenvalue weighted by atomic mass is 10.1. The van der Waals surface area contributed by atoms with Crippen LogP contribution in [-0.2, 0) is 4.74 Å². The standard InChI is InChI=1S/C12H16O2/c1-9(2)14-8-12(13)11-7-5-4-6-10(11)3/h4-7,9H,8H2,1-3H3. The van der Waals surface area contributed by atoms with E-state index in [4.69, 9.17) is 4.74 Å². The summed E-state index contributed by atoms with van der Waals surface area (Å²) in [7, 11) is 0. The Morgan fingerprint density at radius 1 is 1.36 bits per heavy atom. The van der Waals surface area contributed by atoms with E-state index >= 15 is 0 Å². The molecule has 1 aromatic carbocycles. The Hall–Kier alpha value is -1.15. The zero-order chi connectivity index (χ0) is 10.6. The van der Waals surface area contributed by atoms with Crippen molar-refractivity contribution < 1.29 is 9.53 Å². The van der Waals surface area contributed by atoms with Crippen molar-refractivity contribution in [1.29, 1.82) is 0 Å². The monoisotopic (exact) mass is 192 g/mol. The molecule has 0 fully saturated rings. The number of Topliss-reactive ketones (excluding diaryl/α,β-unsaturated/α-hetero) is 1. The maximum atomic E-state index is 11.6. The van der Waals surface area contributed by atoms with Crippen LogP contribution in [0.2, 0.25) is 0 Å². The maximum Gasteiger partial charge on any atom is 0.188 e. The van der Waals surface area contributed by atoms with Crippen LogP contribution in [0.25, 0.3) is 0 Å². The van der Waals surface area contributed by atoms with Crippen LogP contribution < -0.4 is 0 Å². The molecule has 0 aliphatic heterocycles. The van der Waals surface area contributed by atoms with Gasteiger partial charge in [-0.3, -0.25) is 4.79 Å². The Kier molecular flexibility index (Phi) is 3.84. The van der Waals surface area contributed by atoms with Crippen LogP contribution in [0.15, 0.2) is 24.3 Å². The average molecular weight is 192 g/mol. The highest BCUT2D eigenvalue weighted by Gasteiger charge is 2.08. The maximum absolute atomic E-state index is 11.6. The molecule has 1 rings (SSSR count). The molecule has 0 atom stereocenters. The predicted molar refractivity (Wildman–Crippen MR) is 56.6 cm³/mol. The molecule has 1 aromatic rings. The minimum atomic E-state index is 0.0526. The summed E-state index contributed by atoms with van der Waals surface area (Å²) in [5.74, 6) is 0.0526. The minimum Gasteiger partial charge on any atom is -0.371 e. The largest absolute Gasteiger partial charge is 0.371 e. The molecule has 2 nitrogen and oxygen atoms in total. The molecule has 14 heavy (non-hydrogen) atoms. The number of hydrogen-bond acceptors (Lipinski definition) is 2. The van der Waals surface area contributed by atoms with Crippen LogP contribution in [0.3, 0.4) is 0 Å². The SMILES string of the molecule is Cc1ccccc1C(=O)COC(C)C. The van der Waals surface area contributed by atoms with Crippen molar-refractivity contribution in [3.63, 3.8) is 0 Å². The van der Waals surface area contributed by atoms with E-state index in [0.29, 0.717) is 0 Å². The molecule has 0 aliphatic rings. The molecule has 0 amide bonds. The summed E-state index contributed by atoms with van der Waals surface area (Å²) in [6.07, 6.45) is 0.1000. The van der Waals surface area contributed by atoms with E-state index in [-0.39, 0.29) is 18.5 Å². The summed E-state index contributed by atoms with van der Waals surface area (Å²) < 4.78 is 5.26. The molecule has 0 N–H and O–H groups in total. The van der Waals surface area contributed by atoms with Gasteiger partial charge < -0.3 is 4.74 Å². The Morgan fingerprint density at radius 3 is 2.57 bits per heavy atom. The first-order valence-electron chi connectivity index (χ1n) is 4.81. The fourth-order valence-electron chi connectivity index (χ4n) is 1.21. The van der Waals surface area contributed by atoms with E-state index in [2.05, 4.69) is 0 Å². The second kappa shape index (κ2) is 4.91. The zero-order valence-corrected chi connectivity index (χ0v) is 8.91. The summed E-state index contributed by atoms with van der Waals surface area (Å²) in [6, 6.07) is 7.56. The van der Waals surface area contributed by atoms with Crippen molar-refractivity contribution in [2.45, 2.75) is 26.9 Å². The Bertz CT molecular complexity index is 316. The number of aryl methyl sites for hydroxylation is 1. The van der Waals surface area contributed by atoms with Gasteiger partial charge in [0.05, 0.1) is 6.10 Å². The molecule has 0 spiro atoms. The van der Waals surface area contributed by atoms with Gasteiger partial charge >= 0.3 is 0 Å². The van der Waals surface area contributed by atoms with Gasteiger partial charge in [-0.05, 0) is 26.3 Å². The predicted octanol–water partition coefficient (Wildman–Crippen LogP) is 2.60. The highest BCUT2D eigenvalue weighted by molar-refractivity contribution is 5.98. The number of carbonyl (C=O) groups is 1. The van der Waals surface area contributed by atoms with Gasteiger partial charge in [-0.2, -0.15) is 0 Å². The van der Waals surface area contributed by atoms with Gasteiger partial charge in [0.15, 0.2) is 5.78 Å². The van der Waals surface area contributed by atoms with Crippen molar-refractivity contribution in [2.75, 3.05) is 6.61 Å². The first kappa shape index (κ1) is 10.9. The molecule has 0 aromatic heterocycles. The summed E-state index contributed by atoms with van der Waals surface area (Å²) >= 11 is 0. The van der Waals surface area contributed by atoms with Gasteiger partial charge in [0.1, 0.15) is 6.61 Å². The molecule has 2 heteroatoms. The van der Waals surface area contributed by atoms with E-state index in [0.717, 1.165) is 11.1 Å². The van der Waals surface area contributed by atoms with Gasteiger partial charge in [-0.1, -0.05) is 24.3 Å². The summed E-state index contributed by atoms with van der Waals surface area (Å²) in [5, 5.41) is 0. The lowest BCUT2D eigenvalue weighted by Crippen LogP contribution is -2.14. The van der Waals surface area contributed by atoms with Crippen LogP contribution in [0.1, 0.15) is 29.8 Å². The van der Waals surface area contributed by atoms with Crippen LogP contribution in [0.5, 0.6) is 0 Å². The van der Waals surface area contributed by atoms with Crippen molar-refractivity contribution in [3.8, 4) is 0 Å². The normalized spacial score (nSPS) is 10.6. The van der Waals surface area contributed by atoms with E-state index in [1.165, 1.54) is 0 Å². The fourth-order valence-corrected chi connectivity index (χ4v) is 1.21. The van der Waals surface area contributed by atoms with Gasteiger partial charge in [0.2, 0.25) is 0 Å². The average Bonchev–Trinajstić information content (AvgIpc) is 2.15. The van der Waals surface area contributed by atoms with Gasteiger partial charge in [0.25, 0.3) is 0 Å². The fraction of sp³-hybridized carbons (Fsp3) is 0.417. The van der Waals surface area contributed by atoms with Crippen LogP contribution in [-0.4, -0.2) is 18.5 Å². The van der Waals surface area contributed by atoms with Gasteiger partial charge in [-0.25, -0.2) is 0 Å². The Morgan fingerprint density at radius 2 is 2.00 bits per heavy atom. The van der Waals surface area contributed by atoms with Crippen molar-refractivity contribution >= 4 is 5.78 Å². The molecular weight excluding hydrogens is 176 g/mol. The second-order valence-corrected chi connectivity index (χ2v) is 3.60. The number of rotatable bonds is 4. The van der Waals surface area contributed by atoms with Crippen molar-refractivity contribution in [1.82, 2.24) is 0 Å². The number of carbonyl (C=O) groups excluding carboxylic acids is 1. The molecule has 0 bridgehead atoms. The topological polar surface area (TPSA) is 26.3 Å². The van der Waals surface area contributed by atoms with Gasteiger partial charge in [-0.15, -0.1) is 0 Å². The number of ether oxygens (including phenoxy) is 1. The van der Waals surface area contributed by atoms with E-state index in [1.54, 1.807) is 0 Å². The van der Waals surface area contributed by atoms with Crippen LogP contribution in [0, 0.1) is 6.92 Å². The lowest BCUT2D eigenvalue weighted by Gasteiger charge is -2.07. The van der Waals surface area contributed by atoms with Crippen molar-refractivity contribution in [2.24, 2.45) is 0 Å². The third-order valence-corrected chi connectivity index (χ3v) is 1.99. The smallest absolute Gasteiger partial charge is 0.188 e. The lowest BCUT2D eigenvalue weighted by molar-refractivity contribution is 0.0584. The number of hydrogen-bond donors (Lipinski definition) is 0. The highest BCUT2D eigenvalue weighted by Crippen LogP contribution is 2.08. The summed E-state index contributed by atoms with van der Waals surface area (Å²) in [4.78, 5) is 11.6. The minimum absolute atomic E-state index is 0.0526. The third kappa shape index (κ3) is 2.96. The van der Waals surface area contributed by atoms with E-state index < -0.39 is 0 Å². The van der Waals surface area contributed by atoms with E-state index in [9.17, 15) is 4.79 Å². The molecule has 0 heterocycles. The van der Waals surface area contributed by atoms with Gasteiger partial charge in [0, 0.05) is 5.56 Å². The molecule has 76 valence electrons. The summed E-state index contributed by atoms with van der Waals surface area (Å²) in [6.45, 7) is 5.95. The second-order valence-electron chi connectivity index (χ2n) is 3.60. The number of ketones is 1. The molecular formula is C12H16O2. The molecule has 0 radical (unpaired) electrons. The Balaban J connectivity index is 2.65. The van der Waals surface area contributed by atoms with Crippen molar-refractivity contribution in [3.05, 3.63) is 35.4 Å². The highest BCUT2D eigenvalue weighted by atomic mass is 16.5. The van der Waals surface area contributed by atoms with E-state index in [1.807, 2.05) is 45.0 Å². The van der Waals surface area contributed by atoms with Crippen LogP contribution >= 0.6 is 0 Å². The van der Waals surface area contributed by atoms with Crippen LogP contribution in [0.4, 0.5) is 0 Å².